The Labute approximate surface area is 97.7 Å². The van der Waals surface area contributed by atoms with Crippen molar-refractivity contribution in [3.63, 3.8) is 0 Å². The number of nitrogens with zero attached hydrogens (tertiary/aromatic N) is 3. The zero-order valence-electron chi connectivity index (χ0n) is 8.83. The van der Waals surface area contributed by atoms with Crippen molar-refractivity contribution in [1.82, 2.24) is 14.8 Å². The maximum Gasteiger partial charge on any atom is 0.186 e. The third kappa shape index (κ3) is 2.49. The molecule has 2 aromatic rings. The molecule has 0 saturated heterocycles. The van der Waals surface area contributed by atoms with Crippen LogP contribution in [0.25, 0.3) is 0 Å². The molecule has 0 amide bonds. The molecule has 0 N–H and O–H groups in total. The minimum absolute atomic E-state index is 0.105. The molecule has 0 aliphatic carbocycles. The van der Waals surface area contributed by atoms with Crippen LogP contribution in [0, 0.1) is 0 Å². The Bertz CT molecular complexity index is 481. The standard InChI is InChI=1S/C11H11N3OS/c1-14-11(12-8-13-14)16-7-10(15)9-5-3-2-4-6-9/h2-6,8H,7H2,1H3. The molecule has 0 fully saturated rings. The van der Waals surface area contributed by atoms with Crippen LogP contribution in [0.3, 0.4) is 0 Å². The Morgan fingerprint density at radius 1 is 1.38 bits per heavy atom. The third-order valence-corrected chi connectivity index (χ3v) is 3.13. The molecule has 0 radical (unpaired) electrons. The molecule has 1 aromatic heterocycles. The number of hydrogen-bond acceptors (Lipinski definition) is 4. The summed E-state index contributed by atoms with van der Waals surface area (Å²) in [4.78, 5) is 15.8. The summed E-state index contributed by atoms with van der Waals surface area (Å²) in [6, 6.07) is 9.26. The number of thioether (sulfide) groups is 1. The van der Waals surface area contributed by atoms with E-state index in [2.05, 4.69) is 10.1 Å². The number of carbonyl (C=O) groups is 1. The number of benzene rings is 1. The molecule has 0 aliphatic rings. The maximum absolute atomic E-state index is 11.8. The fourth-order valence-electron chi connectivity index (χ4n) is 1.25. The van der Waals surface area contributed by atoms with Crippen molar-refractivity contribution >= 4 is 17.5 Å². The molecule has 82 valence electrons. The van der Waals surface area contributed by atoms with Crippen molar-refractivity contribution in [2.24, 2.45) is 7.05 Å². The molecule has 0 bridgehead atoms. The van der Waals surface area contributed by atoms with E-state index in [-0.39, 0.29) is 5.78 Å². The first-order chi connectivity index (χ1) is 7.77. The SMILES string of the molecule is Cn1ncnc1SCC(=O)c1ccccc1. The van der Waals surface area contributed by atoms with E-state index in [1.807, 2.05) is 37.4 Å². The fraction of sp³-hybridized carbons (Fsp3) is 0.182. The highest BCUT2D eigenvalue weighted by Gasteiger charge is 2.08. The van der Waals surface area contributed by atoms with Crippen molar-refractivity contribution in [1.29, 1.82) is 0 Å². The normalized spacial score (nSPS) is 10.3. The molecule has 1 heterocycles. The average Bonchev–Trinajstić information content (AvgIpc) is 2.73. The van der Waals surface area contributed by atoms with E-state index in [0.29, 0.717) is 5.75 Å². The highest BCUT2D eigenvalue weighted by atomic mass is 32.2. The first-order valence-electron chi connectivity index (χ1n) is 4.82. The van der Waals surface area contributed by atoms with Gasteiger partial charge < -0.3 is 0 Å². The predicted molar refractivity (Wildman–Crippen MR) is 62.5 cm³/mol. The van der Waals surface area contributed by atoms with Gasteiger partial charge in [-0.05, 0) is 0 Å². The van der Waals surface area contributed by atoms with Gasteiger partial charge in [0.2, 0.25) is 0 Å². The second-order valence-corrected chi connectivity index (χ2v) is 4.19. The minimum Gasteiger partial charge on any atom is -0.293 e. The fourth-order valence-corrected chi connectivity index (χ4v) is 2.04. The van der Waals surface area contributed by atoms with Crippen LogP contribution >= 0.6 is 11.8 Å². The molecule has 0 spiro atoms. The number of aromatic nitrogens is 3. The molecule has 5 heteroatoms. The van der Waals surface area contributed by atoms with Crippen LogP contribution < -0.4 is 0 Å². The molecule has 4 nitrogen and oxygen atoms in total. The van der Waals surface area contributed by atoms with Gasteiger partial charge in [-0.2, -0.15) is 5.10 Å². The predicted octanol–water partition coefficient (Wildman–Crippen LogP) is 1.79. The van der Waals surface area contributed by atoms with E-state index >= 15 is 0 Å². The van der Waals surface area contributed by atoms with Crippen LogP contribution in [0.1, 0.15) is 10.4 Å². The summed E-state index contributed by atoms with van der Waals surface area (Å²) in [5, 5.41) is 4.69. The maximum atomic E-state index is 11.8. The Balaban J connectivity index is 1.97. The summed E-state index contributed by atoms with van der Waals surface area (Å²) >= 11 is 1.40. The second kappa shape index (κ2) is 4.94. The number of aryl methyl sites for hydroxylation is 1. The van der Waals surface area contributed by atoms with Gasteiger partial charge in [0.1, 0.15) is 6.33 Å². The highest BCUT2D eigenvalue weighted by molar-refractivity contribution is 7.99. The second-order valence-electron chi connectivity index (χ2n) is 3.24. The first kappa shape index (κ1) is 10.9. The molecule has 0 unspecified atom stereocenters. The van der Waals surface area contributed by atoms with Gasteiger partial charge >= 0.3 is 0 Å². The zero-order chi connectivity index (χ0) is 11.4. The molecule has 1 aromatic carbocycles. The molecule has 16 heavy (non-hydrogen) atoms. The van der Waals surface area contributed by atoms with Crippen molar-refractivity contribution in [3.8, 4) is 0 Å². The lowest BCUT2D eigenvalue weighted by Gasteiger charge is -2.00. The topological polar surface area (TPSA) is 47.8 Å². The van der Waals surface area contributed by atoms with Crippen LogP contribution in [0.15, 0.2) is 41.8 Å². The molecular formula is C11H11N3OS. The van der Waals surface area contributed by atoms with E-state index in [1.54, 1.807) is 4.68 Å². The summed E-state index contributed by atoms with van der Waals surface area (Å²) in [5.41, 5.74) is 0.733. The first-order valence-corrected chi connectivity index (χ1v) is 5.81. The summed E-state index contributed by atoms with van der Waals surface area (Å²) in [6.07, 6.45) is 1.48. The minimum atomic E-state index is 0.105. The molecule has 0 atom stereocenters. The van der Waals surface area contributed by atoms with Crippen molar-refractivity contribution in [2.75, 3.05) is 5.75 Å². The van der Waals surface area contributed by atoms with Crippen LogP contribution in [0.4, 0.5) is 0 Å². The van der Waals surface area contributed by atoms with Crippen LogP contribution in [0.5, 0.6) is 0 Å². The number of hydrogen-bond donors (Lipinski definition) is 0. The Morgan fingerprint density at radius 2 is 2.12 bits per heavy atom. The summed E-state index contributed by atoms with van der Waals surface area (Å²) < 4.78 is 1.66. The van der Waals surface area contributed by atoms with Crippen LogP contribution in [0.2, 0.25) is 0 Å². The lowest BCUT2D eigenvalue weighted by Crippen LogP contribution is -2.03. The lowest BCUT2D eigenvalue weighted by molar-refractivity contribution is 0.102. The van der Waals surface area contributed by atoms with Crippen molar-refractivity contribution < 1.29 is 4.79 Å². The number of carbonyl (C=O) groups excluding carboxylic acids is 1. The molecular weight excluding hydrogens is 222 g/mol. The largest absolute Gasteiger partial charge is 0.293 e. The van der Waals surface area contributed by atoms with E-state index < -0.39 is 0 Å². The van der Waals surface area contributed by atoms with E-state index in [0.717, 1.165) is 10.7 Å². The number of Topliss-reactive ketones (excluding diaryl/α,β-unsaturated/α-hetero) is 1. The van der Waals surface area contributed by atoms with E-state index in [1.165, 1.54) is 18.1 Å². The Kier molecular flexibility index (Phi) is 3.36. The summed E-state index contributed by atoms with van der Waals surface area (Å²) in [6.45, 7) is 0. The molecule has 0 aliphatic heterocycles. The zero-order valence-corrected chi connectivity index (χ0v) is 9.65. The van der Waals surface area contributed by atoms with E-state index in [9.17, 15) is 4.79 Å². The van der Waals surface area contributed by atoms with Gasteiger partial charge in [0, 0.05) is 12.6 Å². The lowest BCUT2D eigenvalue weighted by atomic mass is 10.2. The van der Waals surface area contributed by atoms with Gasteiger partial charge in [-0.1, -0.05) is 42.1 Å². The van der Waals surface area contributed by atoms with Crippen LogP contribution in [-0.2, 0) is 7.05 Å². The number of rotatable bonds is 4. The van der Waals surface area contributed by atoms with Gasteiger partial charge in [-0.3, -0.25) is 4.79 Å². The average molecular weight is 233 g/mol. The van der Waals surface area contributed by atoms with E-state index in [4.69, 9.17) is 0 Å². The van der Waals surface area contributed by atoms with Gasteiger partial charge in [0.15, 0.2) is 10.9 Å². The van der Waals surface area contributed by atoms with Crippen molar-refractivity contribution in [3.05, 3.63) is 42.2 Å². The smallest absolute Gasteiger partial charge is 0.186 e. The Morgan fingerprint density at radius 3 is 2.75 bits per heavy atom. The molecule has 2 rings (SSSR count). The quantitative estimate of drug-likeness (QED) is 0.596. The highest BCUT2D eigenvalue weighted by Crippen LogP contribution is 2.15. The molecule has 0 saturated carbocycles. The summed E-state index contributed by atoms with van der Waals surface area (Å²) in [7, 11) is 1.81. The Hall–Kier alpha value is -1.62. The monoisotopic (exact) mass is 233 g/mol. The van der Waals surface area contributed by atoms with Crippen LogP contribution in [-0.4, -0.2) is 26.3 Å². The third-order valence-electron chi connectivity index (χ3n) is 2.10. The van der Waals surface area contributed by atoms with Gasteiger partial charge in [-0.15, -0.1) is 0 Å². The summed E-state index contributed by atoms with van der Waals surface area (Å²) in [5.74, 6) is 0.491. The van der Waals surface area contributed by atoms with Gasteiger partial charge in [0.25, 0.3) is 0 Å². The van der Waals surface area contributed by atoms with Crippen molar-refractivity contribution in [2.45, 2.75) is 5.16 Å². The number of ketones is 1. The van der Waals surface area contributed by atoms with Gasteiger partial charge in [-0.25, -0.2) is 9.67 Å². The van der Waals surface area contributed by atoms with Gasteiger partial charge in [0.05, 0.1) is 5.75 Å².